The molecule has 33 heavy (non-hydrogen) atoms. The monoisotopic (exact) mass is 441 g/mol. The largest absolute Gasteiger partial charge is 0.378 e. The van der Waals surface area contributed by atoms with Crippen LogP contribution >= 0.6 is 0 Å². The molecule has 3 aromatic rings. The molecular weight excluding hydrogens is 414 g/mol. The van der Waals surface area contributed by atoms with Crippen molar-refractivity contribution in [1.82, 2.24) is 0 Å². The van der Waals surface area contributed by atoms with E-state index in [2.05, 4.69) is 0 Å². The summed E-state index contributed by atoms with van der Waals surface area (Å²) in [5.41, 5.74) is 5.37. The topological polar surface area (TPSA) is 53.1 Å². The third kappa shape index (κ3) is 3.38. The van der Waals surface area contributed by atoms with Crippen LogP contribution < -0.4 is 14.9 Å². The van der Waals surface area contributed by atoms with Crippen LogP contribution in [-0.2, 0) is 14.4 Å². The van der Waals surface area contributed by atoms with Crippen molar-refractivity contribution in [2.24, 2.45) is 5.92 Å². The Balaban J connectivity index is 1.60. The number of benzene rings is 3. The SMILES string of the molecule is Cc1ccccc1N1C(=O)[C@H]2[C@@H](c3ccc(N(C)C)cc3)N(c3ccccc3C)O[C@H]2C1=O. The third-order valence-electron chi connectivity index (χ3n) is 6.58. The van der Waals surface area contributed by atoms with E-state index in [1.54, 1.807) is 5.06 Å². The smallest absolute Gasteiger partial charge is 0.266 e. The fourth-order valence-corrected chi connectivity index (χ4v) is 4.79. The van der Waals surface area contributed by atoms with E-state index >= 15 is 0 Å². The first-order valence-electron chi connectivity index (χ1n) is 11.1. The highest BCUT2D eigenvalue weighted by atomic mass is 16.7. The highest BCUT2D eigenvalue weighted by molar-refractivity contribution is 6.24. The number of aryl methyl sites for hydroxylation is 2. The number of imide groups is 1. The van der Waals surface area contributed by atoms with E-state index in [4.69, 9.17) is 4.84 Å². The van der Waals surface area contributed by atoms with Gasteiger partial charge in [0.2, 0.25) is 5.91 Å². The summed E-state index contributed by atoms with van der Waals surface area (Å²) in [4.78, 5) is 36.9. The Labute approximate surface area is 193 Å². The van der Waals surface area contributed by atoms with E-state index in [0.29, 0.717) is 5.69 Å². The average Bonchev–Trinajstić information content (AvgIpc) is 3.31. The number of hydroxylamine groups is 1. The van der Waals surface area contributed by atoms with Gasteiger partial charge in [-0.15, -0.1) is 0 Å². The van der Waals surface area contributed by atoms with Crippen LogP contribution in [0.1, 0.15) is 22.7 Å². The number of hydrogen-bond acceptors (Lipinski definition) is 5. The predicted octanol–water partition coefficient (Wildman–Crippen LogP) is 4.42. The minimum Gasteiger partial charge on any atom is -0.378 e. The Morgan fingerprint density at radius 3 is 1.91 bits per heavy atom. The minimum atomic E-state index is -0.866. The Morgan fingerprint density at radius 1 is 0.758 bits per heavy atom. The molecule has 2 amide bonds. The number of amides is 2. The van der Waals surface area contributed by atoms with Crippen LogP contribution in [0.25, 0.3) is 0 Å². The summed E-state index contributed by atoms with van der Waals surface area (Å²) >= 11 is 0. The van der Waals surface area contributed by atoms with Gasteiger partial charge in [-0.2, -0.15) is 0 Å². The van der Waals surface area contributed by atoms with E-state index in [1.165, 1.54) is 4.90 Å². The maximum Gasteiger partial charge on any atom is 0.266 e. The maximum atomic E-state index is 13.8. The summed E-state index contributed by atoms with van der Waals surface area (Å²) in [6, 6.07) is 23.0. The van der Waals surface area contributed by atoms with Gasteiger partial charge in [0, 0.05) is 19.8 Å². The van der Waals surface area contributed by atoms with E-state index in [-0.39, 0.29) is 11.8 Å². The molecule has 2 heterocycles. The third-order valence-corrected chi connectivity index (χ3v) is 6.58. The van der Waals surface area contributed by atoms with Crippen LogP contribution in [0.4, 0.5) is 17.1 Å². The van der Waals surface area contributed by atoms with E-state index < -0.39 is 18.1 Å². The molecule has 3 atom stereocenters. The van der Waals surface area contributed by atoms with Crippen molar-refractivity contribution in [3.8, 4) is 0 Å². The van der Waals surface area contributed by atoms with Crippen LogP contribution in [-0.4, -0.2) is 32.0 Å². The highest BCUT2D eigenvalue weighted by Gasteiger charge is 2.60. The Bertz CT molecular complexity index is 1220. The van der Waals surface area contributed by atoms with Gasteiger partial charge in [0.05, 0.1) is 17.4 Å². The molecule has 0 N–H and O–H groups in total. The van der Waals surface area contributed by atoms with Gasteiger partial charge >= 0.3 is 0 Å². The first-order chi connectivity index (χ1) is 15.9. The average molecular weight is 442 g/mol. The lowest BCUT2D eigenvalue weighted by Gasteiger charge is -2.30. The van der Waals surface area contributed by atoms with Crippen molar-refractivity contribution in [1.29, 1.82) is 0 Å². The maximum absolute atomic E-state index is 13.8. The normalized spacial score (nSPS) is 22.1. The molecule has 2 aliphatic rings. The van der Waals surface area contributed by atoms with E-state index in [9.17, 15) is 9.59 Å². The molecule has 0 bridgehead atoms. The van der Waals surface area contributed by atoms with Gasteiger partial charge in [-0.3, -0.25) is 14.4 Å². The minimum absolute atomic E-state index is 0.225. The number of nitrogens with zero attached hydrogens (tertiary/aromatic N) is 3. The summed E-state index contributed by atoms with van der Waals surface area (Å²) in [7, 11) is 3.98. The summed E-state index contributed by atoms with van der Waals surface area (Å²) in [5.74, 6) is -1.18. The second-order valence-corrected chi connectivity index (χ2v) is 8.89. The van der Waals surface area contributed by atoms with Crippen molar-refractivity contribution >= 4 is 28.9 Å². The number of para-hydroxylation sites is 2. The molecule has 0 spiro atoms. The standard InChI is InChI=1S/C27H27N3O3/c1-17-9-5-7-11-21(17)29-26(31)23-24(19-13-15-20(16-14-19)28(3)4)30(33-25(23)27(29)32)22-12-8-6-10-18(22)2/h5-16,23-25H,1-4H3/t23-,24+,25+/m0/s1. The number of hydrogen-bond donors (Lipinski definition) is 0. The van der Waals surface area contributed by atoms with Gasteiger partial charge in [-0.1, -0.05) is 48.5 Å². The number of fused-ring (bicyclic) bond motifs is 1. The molecule has 0 aliphatic carbocycles. The van der Waals surface area contributed by atoms with Gasteiger partial charge < -0.3 is 4.90 Å². The Morgan fingerprint density at radius 2 is 1.33 bits per heavy atom. The lowest BCUT2D eigenvalue weighted by Crippen LogP contribution is -2.37. The molecule has 5 rings (SSSR count). The van der Waals surface area contributed by atoms with Gasteiger partial charge in [0.15, 0.2) is 6.10 Å². The molecule has 0 radical (unpaired) electrons. The lowest BCUT2D eigenvalue weighted by atomic mass is 9.90. The van der Waals surface area contributed by atoms with Crippen LogP contribution in [0.15, 0.2) is 72.8 Å². The second kappa shape index (κ2) is 8.05. The summed E-state index contributed by atoms with van der Waals surface area (Å²) in [5, 5.41) is 1.76. The predicted molar refractivity (Wildman–Crippen MR) is 129 cm³/mol. The first-order valence-corrected chi connectivity index (χ1v) is 11.1. The molecule has 2 aliphatic heterocycles. The van der Waals surface area contributed by atoms with Gasteiger partial charge in [-0.25, -0.2) is 9.96 Å². The quantitative estimate of drug-likeness (QED) is 0.561. The van der Waals surface area contributed by atoms with E-state index in [1.807, 2.05) is 106 Å². The van der Waals surface area contributed by atoms with Crippen molar-refractivity contribution in [3.05, 3.63) is 89.5 Å². The molecule has 0 unspecified atom stereocenters. The molecule has 0 saturated carbocycles. The molecule has 3 aromatic carbocycles. The highest BCUT2D eigenvalue weighted by Crippen LogP contribution is 2.48. The molecule has 2 saturated heterocycles. The van der Waals surface area contributed by atoms with Gasteiger partial charge in [0.1, 0.15) is 5.92 Å². The second-order valence-electron chi connectivity index (χ2n) is 8.89. The van der Waals surface area contributed by atoms with Crippen LogP contribution in [0.2, 0.25) is 0 Å². The zero-order valence-corrected chi connectivity index (χ0v) is 19.2. The van der Waals surface area contributed by atoms with Crippen LogP contribution in [0.3, 0.4) is 0 Å². The van der Waals surface area contributed by atoms with Crippen molar-refractivity contribution < 1.29 is 14.4 Å². The van der Waals surface area contributed by atoms with Crippen molar-refractivity contribution in [2.75, 3.05) is 29.0 Å². The summed E-state index contributed by atoms with van der Waals surface area (Å²) in [6.07, 6.45) is -0.866. The van der Waals surface area contributed by atoms with Gasteiger partial charge in [-0.05, 0) is 54.8 Å². The molecular formula is C27H27N3O3. The van der Waals surface area contributed by atoms with Crippen molar-refractivity contribution in [3.63, 3.8) is 0 Å². The van der Waals surface area contributed by atoms with Gasteiger partial charge in [0.25, 0.3) is 5.91 Å². The number of anilines is 3. The molecule has 2 fully saturated rings. The number of carbonyl (C=O) groups is 2. The first kappa shape index (κ1) is 21.2. The number of rotatable bonds is 4. The zero-order valence-electron chi connectivity index (χ0n) is 19.2. The van der Waals surface area contributed by atoms with E-state index in [0.717, 1.165) is 28.1 Å². The zero-order chi connectivity index (χ0) is 23.3. The Kier molecular flexibility index (Phi) is 5.17. The summed E-state index contributed by atoms with van der Waals surface area (Å²) < 4.78 is 0. The fraction of sp³-hybridized carbons (Fsp3) is 0.259. The Hall–Kier alpha value is -3.64. The lowest BCUT2D eigenvalue weighted by molar-refractivity contribution is -0.126. The molecule has 6 nitrogen and oxygen atoms in total. The number of carbonyl (C=O) groups excluding carboxylic acids is 2. The van der Waals surface area contributed by atoms with Crippen LogP contribution in [0.5, 0.6) is 0 Å². The fourth-order valence-electron chi connectivity index (χ4n) is 4.79. The molecule has 0 aromatic heterocycles. The summed E-state index contributed by atoms with van der Waals surface area (Å²) in [6.45, 7) is 3.91. The molecule has 6 heteroatoms. The van der Waals surface area contributed by atoms with Crippen LogP contribution in [0, 0.1) is 19.8 Å². The van der Waals surface area contributed by atoms with Crippen molar-refractivity contribution in [2.45, 2.75) is 26.0 Å². The molecule has 168 valence electrons.